The van der Waals surface area contributed by atoms with E-state index in [4.69, 9.17) is 0 Å². The number of carbonyl (C=O) groups excluding carboxylic acids is 2. The molecule has 0 saturated heterocycles. The number of aryl methyl sites for hydroxylation is 2. The van der Waals surface area contributed by atoms with Gasteiger partial charge in [0.15, 0.2) is 0 Å². The number of nitrogens with zero attached hydrogens (tertiary/aromatic N) is 2. The summed E-state index contributed by atoms with van der Waals surface area (Å²) in [5, 5.41) is 2.61. The maximum absolute atomic E-state index is 12.0. The van der Waals surface area contributed by atoms with Gasteiger partial charge in [0.2, 0.25) is 0 Å². The zero-order chi connectivity index (χ0) is 16.1. The van der Waals surface area contributed by atoms with E-state index in [1.165, 1.54) is 0 Å². The van der Waals surface area contributed by atoms with Crippen LogP contribution in [0.15, 0.2) is 18.2 Å². The standard InChI is InChI=1S/C15H21N5O2/c1-4-8-16-15(22)19-18-14(21)11-6-7-13-12(9-11)17-10(3)20(13)5-2/h6-7,9H,4-5,8H2,1-3H3,(H,18,21)(H2,16,19,22). The molecule has 3 amide bonds. The van der Waals surface area contributed by atoms with Crippen LogP contribution < -0.4 is 16.2 Å². The third-order valence-corrected chi connectivity index (χ3v) is 3.34. The molecule has 22 heavy (non-hydrogen) atoms. The predicted molar refractivity (Wildman–Crippen MR) is 84.4 cm³/mol. The minimum atomic E-state index is -0.428. The largest absolute Gasteiger partial charge is 0.337 e. The fraction of sp³-hybridized carbons (Fsp3) is 0.400. The molecule has 0 spiro atoms. The zero-order valence-corrected chi connectivity index (χ0v) is 13.1. The first-order chi connectivity index (χ1) is 10.6. The number of imidazole rings is 1. The molecule has 0 bridgehead atoms. The first-order valence-corrected chi connectivity index (χ1v) is 7.37. The molecule has 3 N–H and O–H groups in total. The quantitative estimate of drug-likeness (QED) is 0.751. The molecule has 0 aliphatic heterocycles. The van der Waals surface area contributed by atoms with Crippen LogP contribution in [-0.4, -0.2) is 28.0 Å². The Balaban J connectivity index is 2.07. The van der Waals surface area contributed by atoms with Crippen molar-refractivity contribution in [2.75, 3.05) is 6.54 Å². The molecular formula is C15H21N5O2. The monoisotopic (exact) mass is 303 g/mol. The summed E-state index contributed by atoms with van der Waals surface area (Å²) in [4.78, 5) is 27.9. The van der Waals surface area contributed by atoms with E-state index in [0.29, 0.717) is 12.1 Å². The van der Waals surface area contributed by atoms with Crippen molar-refractivity contribution in [3.63, 3.8) is 0 Å². The van der Waals surface area contributed by atoms with Crippen LogP contribution in [0.25, 0.3) is 11.0 Å². The number of nitrogens with one attached hydrogen (secondary N) is 3. The van der Waals surface area contributed by atoms with E-state index in [2.05, 4.69) is 25.7 Å². The maximum Gasteiger partial charge on any atom is 0.333 e. The number of amides is 3. The van der Waals surface area contributed by atoms with Gasteiger partial charge < -0.3 is 9.88 Å². The molecular weight excluding hydrogens is 282 g/mol. The number of carbonyl (C=O) groups is 2. The van der Waals surface area contributed by atoms with Crippen LogP contribution in [0.1, 0.15) is 36.5 Å². The highest BCUT2D eigenvalue weighted by Crippen LogP contribution is 2.17. The molecule has 118 valence electrons. The van der Waals surface area contributed by atoms with Crippen molar-refractivity contribution >= 4 is 23.0 Å². The van der Waals surface area contributed by atoms with Crippen molar-refractivity contribution in [3.8, 4) is 0 Å². The molecule has 7 nitrogen and oxygen atoms in total. The summed E-state index contributed by atoms with van der Waals surface area (Å²) >= 11 is 0. The molecule has 1 aromatic carbocycles. The Morgan fingerprint density at radius 3 is 2.68 bits per heavy atom. The number of urea groups is 1. The zero-order valence-electron chi connectivity index (χ0n) is 13.1. The van der Waals surface area contributed by atoms with E-state index in [9.17, 15) is 9.59 Å². The summed E-state index contributed by atoms with van der Waals surface area (Å²) in [6.45, 7) is 7.32. The Bertz CT molecular complexity index is 693. The van der Waals surface area contributed by atoms with Gasteiger partial charge in [-0.1, -0.05) is 6.92 Å². The molecule has 2 rings (SSSR count). The second-order valence-electron chi connectivity index (χ2n) is 4.94. The number of aromatic nitrogens is 2. The Hall–Kier alpha value is -2.57. The SMILES string of the molecule is CCCNC(=O)NNC(=O)c1ccc2c(c1)nc(C)n2CC. The molecule has 0 radical (unpaired) electrons. The van der Waals surface area contributed by atoms with E-state index in [0.717, 1.165) is 29.8 Å². The molecule has 1 heterocycles. The predicted octanol–water partition coefficient (Wildman–Crippen LogP) is 1.72. The number of hydrazine groups is 1. The lowest BCUT2D eigenvalue weighted by molar-refractivity contribution is 0.0936. The van der Waals surface area contributed by atoms with Gasteiger partial charge in [0, 0.05) is 18.7 Å². The van der Waals surface area contributed by atoms with Gasteiger partial charge in [-0.2, -0.15) is 0 Å². The van der Waals surface area contributed by atoms with Crippen molar-refractivity contribution in [1.82, 2.24) is 25.7 Å². The Morgan fingerprint density at radius 2 is 2.00 bits per heavy atom. The van der Waals surface area contributed by atoms with Crippen LogP contribution in [-0.2, 0) is 6.54 Å². The van der Waals surface area contributed by atoms with E-state index >= 15 is 0 Å². The Labute approximate surface area is 129 Å². The summed E-state index contributed by atoms with van der Waals surface area (Å²) < 4.78 is 2.08. The fourth-order valence-electron chi connectivity index (χ4n) is 2.26. The van der Waals surface area contributed by atoms with E-state index < -0.39 is 6.03 Å². The average Bonchev–Trinajstić information content (AvgIpc) is 2.84. The van der Waals surface area contributed by atoms with Gasteiger partial charge in [-0.05, 0) is 38.5 Å². The molecule has 2 aromatic rings. The molecule has 0 saturated carbocycles. The third kappa shape index (κ3) is 3.36. The fourth-order valence-corrected chi connectivity index (χ4v) is 2.26. The first-order valence-electron chi connectivity index (χ1n) is 7.37. The molecule has 0 aliphatic carbocycles. The van der Waals surface area contributed by atoms with Crippen molar-refractivity contribution < 1.29 is 9.59 Å². The molecule has 0 atom stereocenters. The van der Waals surface area contributed by atoms with Crippen LogP contribution in [0.2, 0.25) is 0 Å². The summed E-state index contributed by atoms with van der Waals surface area (Å²) in [6.07, 6.45) is 0.831. The average molecular weight is 303 g/mol. The summed E-state index contributed by atoms with van der Waals surface area (Å²) in [5.41, 5.74) is 6.89. The van der Waals surface area contributed by atoms with E-state index in [-0.39, 0.29) is 5.91 Å². The van der Waals surface area contributed by atoms with Gasteiger partial charge in [-0.3, -0.25) is 10.2 Å². The number of hydrogen-bond acceptors (Lipinski definition) is 3. The van der Waals surface area contributed by atoms with Crippen LogP contribution in [0.3, 0.4) is 0 Å². The highest BCUT2D eigenvalue weighted by atomic mass is 16.2. The molecule has 0 aliphatic rings. The van der Waals surface area contributed by atoms with Crippen LogP contribution in [0.5, 0.6) is 0 Å². The molecule has 0 fully saturated rings. The lowest BCUT2D eigenvalue weighted by atomic mass is 10.2. The van der Waals surface area contributed by atoms with Gasteiger partial charge in [-0.15, -0.1) is 0 Å². The van der Waals surface area contributed by atoms with Gasteiger partial charge in [0.1, 0.15) is 5.82 Å². The van der Waals surface area contributed by atoms with E-state index in [1.807, 2.05) is 26.8 Å². The highest BCUT2D eigenvalue weighted by molar-refractivity contribution is 5.98. The van der Waals surface area contributed by atoms with Crippen molar-refractivity contribution in [1.29, 1.82) is 0 Å². The van der Waals surface area contributed by atoms with Gasteiger partial charge >= 0.3 is 6.03 Å². The van der Waals surface area contributed by atoms with Crippen molar-refractivity contribution in [2.45, 2.75) is 33.7 Å². The lowest BCUT2D eigenvalue weighted by Gasteiger charge is -2.08. The summed E-state index contributed by atoms with van der Waals surface area (Å²) in [6, 6.07) is 4.87. The van der Waals surface area contributed by atoms with Crippen molar-refractivity contribution in [3.05, 3.63) is 29.6 Å². The summed E-state index contributed by atoms with van der Waals surface area (Å²) in [7, 11) is 0. The normalized spacial score (nSPS) is 10.5. The summed E-state index contributed by atoms with van der Waals surface area (Å²) in [5.74, 6) is 0.532. The minimum absolute atomic E-state index is 0.378. The lowest BCUT2D eigenvalue weighted by Crippen LogP contribution is -2.47. The second kappa shape index (κ2) is 6.93. The van der Waals surface area contributed by atoms with E-state index in [1.54, 1.807) is 12.1 Å². The number of benzene rings is 1. The first kappa shape index (κ1) is 15.8. The minimum Gasteiger partial charge on any atom is -0.337 e. The second-order valence-corrected chi connectivity index (χ2v) is 4.94. The van der Waals surface area contributed by atoms with Crippen LogP contribution >= 0.6 is 0 Å². The number of fused-ring (bicyclic) bond motifs is 1. The van der Waals surface area contributed by atoms with Crippen LogP contribution in [0, 0.1) is 6.92 Å². The molecule has 0 unspecified atom stereocenters. The Morgan fingerprint density at radius 1 is 1.23 bits per heavy atom. The molecule has 7 heteroatoms. The maximum atomic E-state index is 12.0. The Kier molecular flexibility index (Phi) is 4.98. The molecule has 1 aromatic heterocycles. The number of rotatable bonds is 4. The van der Waals surface area contributed by atoms with Crippen molar-refractivity contribution in [2.24, 2.45) is 0 Å². The van der Waals surface area contributed by atoms with Crippen LogP contribution in [0.4, 0.5) is 4.79 Å². The number of hydrogen-bond donors (Lipinski definition) is 3. The van der Waals surface area contributed by atoms with Gasteiger partial charge in [0.05, 0.1) is 11.0 Å². The van der Waals surface area contributed by atoms with Gasteiger partial charge in [0.25, 0.3) is 5.91 Å². The van der Waals surface area contributed by atoms with Gasteiger partial charge in [-0.25, -0.2) is 15.2 Å². The third-order valence-electron chi connectivity index (χ3n) is 3.34. The smallest absolute Gasteiger partial charge is 0.333 e. The highest BCUT2D eigenvalue weighted by Gasteiger charge is 2.11. The topological polar surface area (TPSA) is 88.1 Å².